The molecule has 2 aromatic rings. The standard InChI is InChI=1S/C8H5N5S2/c9-2-5-1-6(10)3-11-7(5)14-8-12-4-13-15-8/h1,3-4H,10H2. The van der Waals surface area contributed by atoms with E-state index in [4.69, 9.17) is 11.0 Å². The van der Waals surface area contributed by atoms with E-state index < -0.39 is 0 Å². The third-order valence-electron chi connectivity index (χ3n) is 1.52. The molecule has 15 heavy (non-hydrogen) atoms. The van der Waals surface area contributed by atoms with Gasteiger partial charge in [-0.1, -0.05) is 0 Å². The van der Waals surface area contributed by atoms with Crippen molar-refractivity contribution < 1.29 is 0 Å². The van der Waals surface area contributed by atoms with E-state index in [2.05, 4.69) is 14.3 Å². The highest BCUT2D eigenvalue weighted by molar-refractivity contribution is 8.00. The molecule has 0 fully saturated rings. The normalized spacial score (nSPS) is 9.80. The Morgan fingerprint density at radius 2 is 2.33 bits per heavy atom. The Kier molecular flexibility index (Phi) is 2.80. The highest BCUT2D eigenvalue weighted by Crippen LogP contribution is 2.29. The SMILES string of the molecule is N#Cc1cc(N)cnc1Sc1ncns1. The van der Waals surface area contributed by atoms with Crippen LogP contribution in [0.1, 0.15) is 5.56 Å². The topological polar surface area (TPSA) is 88.5 Å². The Hall–Kier alpha value is -1.65. The Bertz CT molecular complexity index is 502. The first-order valence-electron chi connectivity index (χ1n) is 3.90. The largest absolute Gasteiger partial charge is 0.397 e. The Balaban J connectivity index is 2.33. The van der Waals surface area contributed by atoms with E-state index in [0.717, 1.165) is 4.34 Å². The third kappa shape index (κ3) is 2.23. The summed E-state index contributed by atoms with van der Waals surface area (Å²) >= 11 is 2.57. The number of anilines is 1. The van der Waals surface area contributed by atoms with Crippen molar-refractivity contribution in [3.63, 3.8) is 0 Å². The molecule has 5 nitrogen and oxygen atoms in total. The first-order chi connectivity index (χ1) is 7.29. The van der Waals surface area contributed by atoms with Crippen LogP contribution >= 0.6 is 23.3 Å². The molecule has 0 aliphatic carbocycles. The monoisotopic (exact) mass is 235 g/mol. The minimum Gasteiger partial charge on any atom is -0.397 e. The quantitative estimate of drug-likeness (QED) is 0.849. The van der Waals surface area contributed by atoms with Crippen LogP contribution in [0.5, 0.6) is 0 Å². The fraction of sp³-hybridized carbons (Fsp3) is 0. The molecule has 0 aromatic carbocycles. The van der Waals surface area contributed by atoms with E-state index in [1.54, 1.807) is 6.07 Å². The molecule has 2 rings (SSSR count). The lowest BCUT2D eigenvalue weighted by molar-refractivity contribution is 1.10. The molecule has 0 saturated heterocycles. The van der Waals surface area contributed by atoms with Crippen LogP contribution in [0.15, 0.2) is 28.0 Å². The lowest BCUT2D eigenvalue weighted by atomic mass is 10.3. The average Bonchev–Trinajstić information content (AvgIpc) is 2.73. The number of aromatic nitrogens is 3. The third-order valence-corrected chi connectivity index (χ3v) is 3.25. The van der Waals surface area contributed by atoms with Crippen LogP contribution in [0.2, 0.25) is 0 Å². The summed E-state index contributed by atoms with van der Waals surface area (Å²) in [6.07, 6.45) is 2.99. The summed E-state index contributed by atoms with van der Waals surface area (Å²) in [4.78, 5) is 8.08. The number of nitrogens with zero attached hydrogens (tertiary/aromatic N) is 4. The molecule has 0 atom stereocenters. The van der Waals surface area contributed by atoms with Gasteiger partial charge in [0.1, 0.15) is 17.4 Å². The lowest BCUT2D eigenvalue weighted by Crippen LogP contribution is -1.91. The van der Waals surface area contributed by atoms with Gasteiger partial charge in [0.15, 0.2) is 4.34 Å². The van der Waals surface area contributed by atoms with Crippen LogP contribution < -0.4 is 5.73 Å². The minimum atomic E-state index is 0.454. The zero-order chi connectivity index (χ0) is 10.7. The zero-order valence-electron chi connectivity index (χ0n) is 7.41. The summed E-state index contributed by atoms with van der Waals surface area (Å²) in [6, 6.07) is 3.64. The number of nitrogens with two attached hydrogens (primary N) is 1. The number of rotatable bonds is 2. The molecular weight excluding hydrogens is 230 g/mol. The van der Waals surface area contributed by atoms with E-state index in [9.17, 15) is 0 Å². The second-order valence-corrected chi connectivity index (χ2v) is 4.56. The Morgan fingerprint density at radius 3 is 3.00 bits per heavy atom. The Morgan fingerprint density at radius 1 is 1.47 bits per heavy atom. The molecule has 2 N–H and O–H groups in total. The summed E-state index contributed by atoms with van der Waals surface area (Å²) in [5.41, 5.74) is 6.46. The van der Waals surface area contributed by atoms with Crippen molar-refractivity contribution in [2.24, 2.45) is 0 Å². The molecule has 0 aliphatic rings. The molecule has 74 valence electrons. The molecule has 0 unspecified atom stereocenters. The summed E-state index contributed by atoms with van der Waals surface area (Å²) in [5, 5.41) is 9.48. The van der Waals surface area contributed by atoms with Crippen molar-refractivity contribution in [3.8, 4) is 6.07 Å². The number of pyridine rings is 1. The summed E-state index contributed by atoms with van der Waals surface area (Å²) in [5.74, 6) is 0. The van der Waals surface area contributed by atoms with Gasteiger partial charge < -0.3 is 5.73 Å². The first kappa shape index (κ1) is 9.89. The first-order valence-corrected chi connectivity index (χ1v) is 5.48. The number of hydrogen-bond acceptors (Lipinski definition) is 7. The van der Waals surface area contributed by atoms with Gasteiger partial charge in [-0.2, -0.15) is 9.64 Å². The van der Waals surface area contributed by atoms with Gasteiger partial charge >= 0.3 is 0 Å². The van der Waals surface area contributed by atoms with E-state index >= 15 is 0 Å². The highest BCUT2D eigenvalue weighted by Gasteiger charge is 2.08. The molecular formula is C8H5N5S2. The van der Waals surface area contributed by atoms with Crippen LogP contribution in [0.4, 0.5) is 5.69 Å². The van der Waals surface area contributed by atoms with Gasteiger partial charge in [-0.15, -0.1) is 0 Å². The molecule has 2 heterocycles. The fourth-order valence-electron chi connectivity index (χ4n) is 0.920. The van der Waals surface area contributed by atoms with Gasteiger partial charge in [0, 0.05) is 0 Å². The maximum atomic E-state index is 8.88. The molecule has 0 saturated carbocycles. The van der Waals surface area contributed by atoms with Crippen molar-refractivity contribution in [2.75, 3.05) is 5.73 Å². The molecule has 0 bridgehead atoms. The van der Waals surface area contributed by atoms with Crippen LogP contribution in [0, 0.1) is 11.3 Å². The Labute approximate surface area is 94.1 Å². The fourth-order valence-corrected chi connectivity index (χ4v) is 2.30. The van der Waals surface area contributed by atoms with Crippen molar-refractivity contribution in [1.29, 1.82) is 5.26 Å². The molecule has 2 aromatic heterocycles. The molecule has 7 heteroatoms. The highest BCUT2D eigenvalue weighted by atomic mass is 32.2. The predicted molar refractivity (Wildman–Crippen MR) is 57.4 cm³/mol. The van der Waals surface area contributed by atoms with Crippen molar-refractivity contribution in [1.82, 2.24) is 14.3 Å². The summed E-state index contributed by atoms with van der Waals surface area (Å²) in [7, 11) is 0. The van der Waals surface area contributed by atoms with Crippen LogP contribution in [0.3, 0.4) is 0 Å². The van der Waals surface area contributed by atoms with Gasteiger partial charge in [0.05, 0.1) is 17.4 Å². The second-order valence-electron chi connectivity index (χ2n) is 2.54. The smallest absolute Gasteiger partial charge is 0.176 e. The number of nitriles is 1. The van der Waals surface area contributed by atoms with Crippen molar-refractivity contribution >= 4 is 29.0 Å². The minimum absolute atomic E-state index is 0.454. The maximum Gasteiger partial charge on any atom is 0.176 e. The number of nitrogen functional groups attached to an aromatic ring is 1. The van der Waals surface area contributed by atoms with Gasteiger partial charge in [0.25, 0.3) is 0 Å². The molecule has 0 radical (unpaired) electrons. The van der Waals surface area contributed by atoms with Gasteiger partial charge in [-0.05, 0) is 29.4 Å². The van der Waals surface area contributed by atoms with Crippen LogP contribution in [-0.4, -0.2) is 14.3 Å². The predicted octanol–water partition coefficient (Wildman–Crippen LogP) is 1.54. The zero-order valence-corrected chi connectivity index (χ0v) is 9.05. The van der Waals surface area contributed by atoms with Gasteiger partial charge in [0.2, 0.25) is 0 Å². The number of hydrogen-bond donors (Lipinski definition) is 1. The van der Waals surface area contributed by atoms with Crippen molar-refractivity contribution in [3.05, 3.63) is 24.2 Å². The molecule has 0 aliphatic heterocycles. The summed E-state index contributed by atoms with van der Waals surface area (Å²) in [6.45, 7) is 0. The molecule has 0 spiro atoms. The van der Waals surface area contributed by atoms with E-state index in [-0.39, 0.29) is 0 Å². The lowest BCUT2D eigenvalue weighted by Gasteiger charge is -1.99. The van der Waals surface area contributed by atoms with Crippen LogP contribution in [0.25, 0.3) is 0 Å². The van der Waals surface area contributed by atoms with E-state index in [0.29, 0.717) is 16.3 Å². The van der Waals surface area contributed by atoms with E-state index in [1.165, 1.54) is 35.8 Å². The second kappa shape index (κ2) is 4.25. The summed E-state index contributed by atoms with van der Waals surface area (Å²) < 4.78 is 4.62. The van der Waals surface area contributed by atoms with Crippen molar-refractivity contribution in [2.45, 2.75) is 9.37 Å². The average molecular weight is 235 g/mol. The van der Waals surface area contributed by atoms with E-state index in [1.807, 2.05) is 6.07 Å². The van der Waals surface area contributed by atoms with Crippen LogP contribution in [-0.2, 0) is 0 Å². The molecule has 0 amide bonds. The maximum absolute atomic E-state index is 8.88. The van der Waals surface area contributed by atoms with Gasteiger partial charge in [-0.3, -0.25) is 0 Å². The van der Waals surface area contributed by atoms with Gasteiger partial charge in [-0.25, -0.2) is 9.97 Å².